The van der Waals surface area contributed by atoms with Crippen LogP contribution < -0.4 is 15.4 Å². The number of aryl methyl sites for hydroxylation is 1. The molecule has 0 saturated carbocycles. The summed E-state index contributed by atoms with van der Waals surface area (Å²) < 4.78 is 5.52. The Morgan fingerprint density at radius 1 is 1.10 bits per heavy atom. The van der Waals surface area contributed by atoms with Gasteiger partial charge in [-0.2, -0.15) is 0 Å². The van der Waals surface area contributed by atoms with Crippen molar-refractivity contribution in [3.8, 4) is 5.75 Å². The van der Waals surface area contributed by atoms with E-state index < -0.39 is 0 Å². The number of benzene rings is 1. The van der Waals surface area contributed by atoms with E-state index in [0.29, 0.717) is 0 Å². The lowest BCUT2D eigenvalue weighted by Gasteiger charge is -2.50. The molecule has 0 amide bonds. The van der Waals surface area contributed by atoms with Crippen LogP contribution in [0.1, 0.15) is 43.2 Å². The molecule has 0 aliphatic carbocycles. The highest BCUT2D eigenvalue weighted by Gasteiger charge is 2.39. The molecule has 6 heteroatoms. The van der Waals surface area contributed by atoms with Crippen LogP contribution in [-0.2, 0) is 6.42 Å². The van der Waals surface area contributed by atoms with Crippen molar-refractivity contribution in [1.82, 2.24) is 20.4 Å². The smallest absolute Gasteiger partial charge is 0.191 e. The fourth-order valence-electron chi connectivity index (χ4n) is 4.89. The molecule has 0 unspecified atom stereocenters. The van der Waals surface area contributed by atoms with Crippen molar-refractivity contribution in [1.29, 1.82) is 0 Å². The number of rotatable bonds is 7. The molecular formula is C24H41N5O. The van der Waals surface area contributed by atoms with Gasteiger partial charge in [-0.15, -0.1) is 0 Å². The zero-order valence-electron chi connectivity index (χ0n) is 19.5. The molecule has 0 bridgehead atoms. The Morgan fingerprint density at radius 2 is 1.83 bits per heavy atom. The van der Waals surface area contributed by atoms with Crippen molar-refractivity contribution >= 4 is 5.96 Å². The van der Waals surface area contributed by atoms with Gasteiger partial charge in [-0.05, 0) is 83.9 Å². The quantitative estimate of drug-likeness (QED) is 0.530. The first-order valence-electron chi connectivity index (χ1n) is 11.6. The standard InChI is InChI=1S/C24H41N5O/c1-20-8-9-22(30-4)21(18-20)10-13-26-23(25-2)27-19-24(11-16-28(3)17-12-24)29-14-6-5-7-15-29/h8-9,18H,5-7,10-17,19H2,1-4H3,(H2,25,26,27). The van der Waals surface area contributed by atoms with Crippen molar-refractivity contribution in [2.24, 2.45) is 4.99 Å². The highest BCUT2D eigenvalue weighted by Crippen LogP contribution is 2.30. The third-order valence-electron chi connectivity index (χ3n) is 6.88. The molecule has 6 nitrogen and oxygen atoms in total. The van der Waals surface area contributed by atoms with Crippen molar-refractivity contribution in [3.63, 3.8) is 0 Å². The molecular weight excluding hydrogens is 374 g/mol. The van der Waals surface area contributed by atoms with E-state index >= 15 is 0 Å². The molecule has 2 aliphatic heterocycles. The maximum absolute atomic E-state index is 5.52. The van der Waals surface area contributed by atoms with E-state index in [-0.39, 0.29) is 5.54 Å². The zero-order chi connectivity index (χ0) is 21.4. The minimum atomic E-state index is 0.254. The highest BCUT2D eigenvalue weighted by molar-refractivity contribution is 5.79. The summed E-state index contributed by atoms with van der Waals surface area (Å²) in [6.45, 7) is 8.76. The maximum Gasteiger partial charge on any atom is 0.191 e. The number of nitrogens with zero attached hydrogens (tertiary/aromatic N) is 3. The van der Waals surface area contributed by atoms with Crippen molar-refractivity contribution < 1.29 is 4.74 Å². The lowest BCUT2D eigenvalue weighted by atomic mass is 9.84. The Bertz CT molecular complexity index is 691. The number of methoxy groups -OCH3 is 1. The molecule has 3 rings (SSSR count). The van der Waals surface area contributed by atoms with Gasteiger partial charge in [0.15, 0.2) is 5.96 Å². The molecule has 168 valence electrons. The van der Waals surface area contributed by atoms with Crippen LogP contribution in [0, 0.1) is 6.92 Å². The summed E-state index contributed by atoms with van der Waals surface area (Å²) in [5, 5.41) is 7.18. The summed E-state index contributed by atoms with van der Waals surface area (Å²) in [6, 6.07) is 6.36. The van der Waals surface area contributed by atoms with Crippen LogP contribution >= 0.6 is 0 Å². The Morgan fingerprint density at radius 3 is 2.50 bits per heavy atom. The summed E-state index contributed by atoms with van der Waals surface area (Å²) in [7, 11) is 5.85. The summed E-state index contributed by atoms with van der Waals surface area (Å²) in [6.07, 6.45) is 7.42. The van der Waals surface area contributed by atoms with E-state index in [1.165, 1.54) is 69.4 Å². The number of guanidine groups is 1. The number of aliphatic imine (C=N–C) groups is 1. The summed E-state index contributed by atoms with van der Waals surface area (Å²) in [5.41, 5.74) is 2.75. The van der Waals surface area contributed by atoms with Crippen molar-refractivity contribution in [2.45, 2.75) is 51.0 Å². The molecule has 2 N–H and O–H groups in total. The average molecular weight is 416 g/mol. The van der Waals surface area contributed by atoms with Crippen LogP contribution in [0.25, 0.3) is 0 Å². The van der Waals surface area contributed by atoms with Crippen molar-refractivity contribution in [2.75, 3.05) is 60.5 Å². The Balaban J connectivity index is 1.56. The summed E-state index contributed by atoms with van der Waals surface area (Å²) in [5.74, 6) is 1.86. The number of ether oxygens (including phenoxy) is 1. The fourth-order valence-corrected chi connectivity index (χ4v) is 4.89. The van der Waals surface area contributed by atoms with Crippen molar-refractivity contribution in [3.05, 3.63) is 29.3 Å². The average Bonchev–Trinajstić information content (AvgIpc) is 2.78. The zero-order valence-corrected chi connectivity index (χ0v) is 19.5. The third kappa shape index (κ3) is 5.88. The van der Waals surface area contributed by atoms with Gasteiger partial charge in [0.2, 0.25) is 0 Å². The second-order valence-electron chi connectivity index (χ2n) is 8.99. The second-order valence-corrected chi connectivity index (χ2v) is 8.99. The first-order chi connectivity index (χ1) is 14.6. The van der Waals surface area contributed by atoms with Crippen LogP contribution in [0.4, 0.5) is 0 Å². The lowest BCUT2D eigenvalue weighted by molar-refractivity contribution is 0.0173. The SMILES string of the molecule is CN=C(NCCc1cc(C)ccc1OC)NCC1(N2CCCCC2)CCN(C)CC1. The second kappa shape index (κ2) is 11.0. The number of likely N-dealkylation sites (tertiary alicyclic amines) is 2. The van der Waals surface area contributed by atoms with Gasteiger partial charge in [0.05, 0.1) is 7.11 Å². The Hall–Kier alpha value is -1.79. The largest absolute Gasteiger partial charge is 0.496 e. The molecule has 2 aliphatic rings. The number of nitrogens with one attached hydrogen (secondary N) is 2. The monoisotopic (exact) mass is 415 g/mol. The number of hydrogen-bond donors (Lipinski definition) is 2. The predicted octanol–water partition coefficient (Wildman–Crippen LogP) is 2.66. The van der Waals surface area contributed by atoms with E-state index in [0.717, 1.165) is 31.2 Å². The van der Waals surface area contributed by atoms with Gasteiger partial charge in [0, 0.05) is 25.7 Å². The van der Waals surface area contributed by atoms with Gasteiger partial charge < -0.3 is 20.3 Å². The number of piperidine rings is 2. The first kappa shape index (κ1) is 22.9. The lowest BCUT2D eigenvalue weighted by Crippen LogP contribution is -2.62. The van der Waals surface area contributed by atoms with E-state index in [2.05, 4.69) is 57.6 Å². The summed E-state index contributed by atoms with van der Waals surface area (Å²) >= 11 is 0. The van der Waals surface area contributed by atoms with Crippen LogP contribution in [-0.4, -0.2) is 81.8 Å². The summed E-state index contributed by atoms with van der Waals surface area (Å²) in [4.78, 5) is 9.72. The molecule has 0 spiro atoms. The molecule has 30 heavy (non-hydrogen) atoms. The van der Waals surface area contributed by atoms with E-state index in [1.807, 2.05) is 7.05 Å². The molecule has 1 aromatic carbocycles. The van der Waals surface area contributed by atoms with E-state index in [9.17, 15) is 0 Å². The topological polar surface area (TPSA) is 52.1 Å². The fraction of sp³-hybridized carbons (Fsp3) is 0.708. The van der Waals surface area contributed by atoms with E-state index in [4.69, 9.17) is 4.74 Å². The van der Waals surface area contributed by atoms with Crippen LogP contribution in [0.2, 0.25) is 0 Å². The normalized spacial score (nSPS) is 20.7. The first-order valence-corrected chi connectivity index (χ1v) is 11.6. The molecule has 2 fully saturated rings. The van der Waals surface area contributed by atoms with E-state index in [1.54, 1.807) is 7.11 Å². The predicted molar refractivity (Wildman–Crippen MR) is 126 cm³/mol. The molecule has 1 aromatic rings. The molecule has 2 heterocycles. The van der Waals surface area contributed by atoms with Gasteiger partial charge in [-0.25, -0.2) is 0 Å². The minimum Gasteiger partial charge on any atom is -0.496 e. The molecule has 2 saturated heterocycles. The molecule has 0 radical (unpaired) electrons. The Kier molecular flexibility index (Phi) is 8.40. The van der Waals surface area contributed by atoms with Gasteiger partial charge in [-0.3, -0.25) is 9.89 Å². The van der Waals surface area contributed by atoms with Gasteiger partial charge in [0.25, 0.3) is 0 Å². The molecule has 0 aromatic heterocycles. The van der Waals surface area contributed by atoms with Gasteiger partial charge >= 0.3 is 0 Å². The Labute approximate surface area is 183 Å². The van der Waals surface area contributed by atoms with Gasteiger partial charge in [0.1, 0.15) is 5.75 Å². The third-order valence-corrected chi connectivity index (χ3v) is 6.88. The minimum absolute atomic E-state index is 0.254. The van der Waals surface area contributed by atoms with Crippen LogP contribution in [0.5, 0.6) is 5.75 Å². The molecule has 0 atom stereocenters. The van der Waals surface area contributed by atoms with Gasteiger partial charge in [-0.1, -0.05) is 24.1 Å². The van der Waals surface area contributed by atoms with Crippen LogP contribution in [0.3, 0.4) is 0 Å². The highest BCUT2D eigenvalue weighted by atomic mass is 16.5. The maximum atomic E-state index is 5.52. The van der Waals surface area contributed by atoms with Crippen LogP contribution in [0.15, 0.2) is 23.2 Å². The number of hydrogen-bond acceptors (Lipinski definition) is 4.